The van der Waals surface area contributed by atoms with Gasteiger partial charge in [0.05, 0.1) is 38.1 Å². The summed E-state index contributed by atoms with van der Waals surface area (Å²) in [6, 6.07) is 25.2. The maximum Gasteiger partial charge on any atom is 0.339 e. The number of hydrogen-bond donors (Lipinski definition) is 8. The van der Waals surface area contributed by atoms with Crippen molar-refractivity contribution in [3.05, 3.63) is 137 Å². The van der Waals surface area contributed by atoms with Crippen molar-refractivity contribution in [2.45, 2.75) is 19.4 Å². The highest BCUT2D eigenvalue weighted by molar-refractivity contribution is 6.09. The molecule has 17 heteroatoms. The Hall–Kier alpha value is -8.65. The first-order chi connectivity index (χ1) is 29.2. The van der Waals surface area contributed by atoms with E-state index in [1.54, 1.807) is 25.1 Å². The monoisotopic (exact) mass is 826 g/mol. The van der Waals surface area contributed by atoms with Gasteiger partial charge >= 0.3 is 5.97 Å². The summed E-state index contributed by atoms with van der Waals surface area (Å²) < 4.78 is 10.5. The number of rotatable bonds is 15. The highest BCUT2D eigenvalue weighted by Crippen LogP contribution is 2.38. The quantitative estimate of drug-likeness (QED) is 0.0564. The van der Waals surface area contributed by atoms with E-state index < -0.39 is 47.0 Å². The Morgan fingerprint density at radius 3 is 1.84 bits per heavy atom. The third-order valence-electron chi connectivity index (χ3n) is 8.90. The van der Waals surface area contributed by atoms with E-state index in [4.69, 9.17) is 9.47 Å². The van der Waals surface area contributed by atoms with Gasteiger partial charge in [0, 0.05) is 33.6 Å². The topological polar surface area (TPSA) is 266 Å². The average Bonchev–Trinajstić information content (AvgIpc) is 3.24. The molecule has 310 valence electrons. The van der Waals surface area contributed by atoms with E-state index in [0.717, 1.165) is 11.6 Å². The second-order valence-electron chi connectivity index (χ2n) is 13.1. The van der Waals surface area contributed by atoms with Crippen LogP contribution < -0.4 is 36.1 Å². The lowest BCUT2D eigenvalue weighted by atomic mass is 10.1. The number of nitrogens with one attached hydrogen (secondary N) is 5. The summed E-state index contributed by atoms with van der Waals surface area (Å²) in [5.41, 5.74) is 2.06. The van der Waals surface area contributed by atoms with Crippen LogP contribution in [0.2, 0.25) is 0 Å². The Kier molecular flexibility index (Phi) is 14.0. The molecular weight excluding hydrogens is 789 g/mol. The summed E-state index contributed by atoms with van der Waals surface area (Å²) in [5.74, 6) is -4.99. The molecule has 61 heavy (non-hydrogen) atoms. The average molecular weight is 827 g/mol. The summed E-state index contributed by atoms with van der Waals surface area (Å²) in [5, 5.41) is 51.5. The third-order valence-corrected chi connectivity index (χ3v) is 8.90. The lowest BCUT2D eigenvalue weighted by molar-refractivity contribution is -0.118. The van der Waals surface area contributed by atoms with Gasteiger partial charge in [-0.25, -0.2) is 4.79 Å². The summed E-state index contributed by atoms with van der Waals surface area (Å²) in [4.78, 5) is 76.4. The number of amides is 5. The molecule has 0 spiro atoms. The standard InChI is InChI=1S/C44H38N6O11/c1-24(22-25-4-15-31(51)16-5-25)39(53)46-29-11-6-27(7-12-29)41(55)50-35(20-21-45)43(57)47-30-13-8-26(9-14-30)40(54)48-33-18-10-28(23-36(33)60-2)42(56)49-34-19-17-32(44(58)59)37(52)38(34)61-3/h4-19,22-23,35,51-52H,20H2,1-3H3,(H,46,53)(H,47,57)(H,48,54)(H,49,56)(H,50,55)(H,58,59)/b24-22+/t35-/m0/s1. The van der Waals surface area contributed by atoms with E-state index in [1.807, 2.05) is 6.07 Å². The number of methoxy groups -OCH3 is 2. The molecule has 5 rings (SSSR count). The van der Waals surface area contributed by atoms with E-state index in [9.17, 15) is 49.3 Å². The van der Waals surface area contributed by atoms with E-state index in [2.05, 4.69) is 26.6 Å². The minimum Gasteiger partial charge on any atom is -0.508 e. The number of benzene rings is 5. The minimum atomic E-state index is -1.39. The van der Waals surface area contributed by atoms with Crippen molar-refractivity contribution in [1.29, 1.82) is 5.26 Å². The van der Waals surface area contributed by atoms with Gasteiger partial charge in [0.15, 0.2) is 11.5 Å². The Morgan fingerprint density at radius 2 is 1.25 bits per heavy atom. The normalized spacial score (nSPS) is 11.2. The predicted molar refractivity (Wildman–Crippen MR) is 224 cm³/mol. The summed E-state index contributed by atoms with van der Waals surface area (Å²) in [6.07, 6.45) is 1.30. The van der Waals surface area contributed by atoms with Gasteiger partial charge < -0.3 is 51.4 Å². The molecule has 5 amide bonds. The molecule has 0 aliphatic rings. The molecule has 0 bridgehead atoms. The first kappa shape index (κ1) is 43.5. The molecule has 0 radical (unpaired) electrons. The van der Waals surface area contributed by atoms with Crippen LogP contribution in [-0.2, 0) is 9.59 Å². The number of carbonyl (C=O) groups is 6. The molecule has 0 aliphatic heterocycles. The number of nitriles is 1. The maximum atomic E-state index is 13.2. The number of carbonyl (C=O) groups excluding carboxylic acids is 5. The third kappa shape index (κ3) is 11.1. The highest BCUT2D eigenvalue weighted by Gasteiger charge is 2.23. The van der Waals surface area contributed by atoms with Crippen LogP contribution in [0.5, 0.6) is 23.0 Å². The smallest absolute Gasteiger partial charge is 0.339 e. The zero-order chi connectivity index (χ0) is 44.2. The molecule has 0 heterocycles. The van der Waals surface area contributed by atoms with Crippen LogP contribution in [0.1, 0.15) is 60.3 Å². The number of carboxylic acids is 1. The fourth-order valence-corrected chi connectivity index (χ4v) is 5.67. The number of nitrogens with zero attached hydrogens (tertiary/aromatic N) is 1. The number of phenols is 2. The number of anilines is 4. The van der Waals surface area contributed by atoms with Gasteiger partial charge in [0.1, 0.15) is 23.1 Å². The second-order valence-corrected chi connectivity index (χ2v) is 13.1. The fourth-order valence-electron chi connectivity index (χ4n) is 5.67. The van der Waals surface area contributed by atoms with Gasteiger partial charge in [-0.3, -0.25) is 24.0 Å². The van der Waals surface area contributed by atoms with E-state index in [-0.39, 0.29) is 63.3 Å². The lowest BCUT2D eigenvalue weighted by Crippen LogP contribution is -2.43. The van der Waals surface area contributed by atoms with Gasteiger partial charge in [-0.2, -0.15) is 5.26 Å². The Morgan fingerprint density at radius 1 is 0.689 bits per heavy atom. The lowest BCUT2D eigenvalue weighted by Gasteiger charge is -2.16. The Balaban J connectivity index is 1.16. The predicted octanol–water partition coefficient (Wildman–Crippen LogP) is 6.01. The van der Waals surface area contributed by atoms with Crippen molar-refractivity contribution in [3.63, 3.8) is 0 Å². The molecule has 8 N–H and O–H groups in total. The van der Waals surface area contributed by atoms with E-state index in [1.165, 1.54) is 99.1 Å². The van der Waals surface area contributed by atoms with Crippen LogP contribution in [-0.4, -0.2) is 71.1 Å². The van der Waals surface area contributed by atoms with Crippen molar-refractivity contribution in [2.75, 3.05) is 35.5 Å². The number of aromatic hydroxyl groups is 2. The van der Waals surface area contributed by atoms with E-state index in [0.29, 0.717) is 11.3 Å². The first-order valence-corrected chi connectivity index (χ1v) is 18.1. The van der Waals surface area contributed by atoms with Gasteiger partial charge in [0.25, 0.3) is 23.6 Å². The van der Waals surface area contributed by atoms with Gasteiger partial charge in [0.2, 0.25) is 5.91 Å². The Bertz CT molecular complexity index is 2570. The van der Waals surface area contributed by atoms with Crippen molar-refractivity contribution < 1.29 is 53.6 Å². The summed E-state index contributed by atoms with van der Waals surface area (Å²) in [6.45, 7) is 1.63. The van der Waals surface area contributed by atoms with Crippen molar-refractivity contribution >= 4 is 64.3 Å². The number of ether oxygens (including phenoxy) is 2. The summed E-state index contributed by atoms with van der Waals surface area (Å²) >= 11 is 0. The second kappa shape index (κ2) is 19.7. The van der Waals surface area contributed by atoms with Crippen LogP contribution in [0.15, 0.2) is 109 Å². The van der Waals surface area contributed by atoms with Crippen LogP contribution in [0.4, 0.5) is 22.7 Å². The van der Waals surface area contributed by atoms with Crippen molar-refractivity contribution in [1.82, 2.24) is 5.32 Å². The zero-order valence-corrected chi connectivity index (χ0v) is 32.7. The molecular formula is C44H38N6O11. The largest absolute Gasteiger partial charge is 0.508 e. The van der Waals surface area contributed by atoms with Crippen molar-refractivity contribution in [3.8, 4) is 29.1 Å². The highest BCUT2D eigenvalue weighted by atomic mass is 16.5. The molecule has 0 unspecified atom stereocenters. The Labute approximate surface area is 348 Å². The fraction of sp³-hybridized carbons (Fsp3) is 0.114. The zero-order valence-electron chi connectivity index (χ0n) is 32.7. The number of aromatic carboxylic acids is 1. The van der Waals surface area contributed by atoms with Crippen LogP contribution in [0.25, 0.3) is 6.08 Å². The van der Waals surface area contributed by atoms with Gasteiger partial charge in [-0.15, -0.1) is 0 Å². The van der Waals surface area contributed by atoms with E-state index >= 15 is 0 Å². The number of phenolic OH excluding ortho intramolecular Hbond substituents is 1. The molecule has 0 aliphatic carbocycles. The molecule has 17 nitrogen and oxygen atoms in total. The van der Waals surface area contributed by atoms with Crippen LogP contribution in [0, 0.1) is 11.3 Å². The number of hydrogen-bond acceptors (Lipinski definition) is 11. The van der Waals surface area contributed by atoms with Crippen LogP contribution in [0.3, 0.4) is 0 Å². The molecule has 0 fully saturated rings. The number of carboxylic acid groups (broad SMARTS) is 1. The molecule has 0 saturated heterocycles. The summed E-state index contributed by atoms with van der Waals surface area (Å²) in [7, 11) is 2.53. The molecule has 5 aromatic rings. The maximum absolute atomic E-state index is 13.2. The molecule has 0 aromatic heterocycles. The SMILES string of the molecule is COc1cc(C(=O)Nc2ccc(C(=O)O)c(O)c2OC)ccc1NC(=O)c1ccc(NC(=O)[C@H](CC#N)NC(=O)c2ccc(NC(=O)/C(C)=C/c3ccc(O)cc3)cc2)cc1. The van der Waals surface area contributed by atoms with Gasteiger partial charge in [-0.05, 0) is 110 Å². The van der Waals surface area contributed by atoms with Crippen LogP contribution >= 0.6 is 0 Å². The molecule has 5 aromatic carbocycles. The molecule has 0 saturated carbocycles. The van der Waals surface area contributed by atoms with Crippen molar-refractivity contribution in [2.24, 2.45) is 0 Å². The molecule has 1 atom stereocenters. The van der Waals surface area contributed by atoms with Gasteiger partial charge in [-0.1, -0.05) is 12.1 Å². The first-order valence-electron chi connectivity index (χ1n) is 18.1. The minimum absolute atomic E-state index is 0.00983.